The largest absolute Gasteiger partial charge is 0.352 e. The molecule has 234 valence electrons. The minimum absolute atomic E-state index is 0.0303. The van der Waals surface area contributed by atoms with E-state index in [1.165, 1.54) is 17.0 Å². The van der Waals surface area contributed by atoms with Crippen molar-refractivity contribution in [1.29, 1.82) is 0 Å². The van der Waals surface area contributed by atoms with Gasteiger partial charge in [-0.15, -0.1) is 0 Å². The number of rotatable bonds is 12. The van der Waals surface area contributed by atoms with Crippen LogP contribution in [-0.2, 0) is 32.6 Å². The summed E-state index contributed by atoms with van der Waals surface area (Å²) in [5.41, 5.74) is 2.93. The Labute approximate surface area is 270 Å². The van der Waals surface area contributed by atoms with E-state index in [-0.39, 0.29) is 40.5 Å². The van der Waals surface area contributed by atoms with Crippen LogP contribution in [0.15, 0.2) is 114 Å². The summed E-state index contributed by atoms with van der Waals surface area (Å²) in [5.74, 6) is -0.764. The number of anilines is 1. The molecule has 0 unspecified atom stereocenters. The van der Waals surface area contributed by atoms with Crippen LogP contribution < -0.4 is 9.62 Å². The number of aryl methyl sites for hydroxylation is 1. The minimum Gasteiger partial charge on any atom is -0.352 e. The summed E-state index contributed by atoms with van der Waals surface area (Å²) in [6, 6.07) is 31.0. The molecule has 0 spiro atoms. The average molecular weight is 644 g/mol. The van der Waals surface area contributed by atoms with Crippen LogP contribution in [0.25, 0.3) is 0 Å². The number of hydrogen-bond acceptors (Lipinski definition) is 4. The first-order valence-corrected chi connectivity index (χ1v) is 17.1. The van der Waals surface area contributed by atoms with Gasteiger partial charge >= 0.3 is 0 Å². The Hall–Kier alpha value is -4.14. The highest BCUT2D eigenvalue weighted by atomic mass is 35.5. The van der Waals surface area contributed by atoms with Gasteiger partial charge in [0.25, 0.3) is 10.0 Å². The van der Waals surface area contributed by atoms with E-state index < -0.39 is 28.5 Å². The molecular weight excluding hydrogens is 606 g/mol. The third-order valence-corrected chi connectivity index (χ3v) is 10.2. The maximum atomic E-state index is 14.6. The molecule has 1 fully saturated rings. The number of para-hydroxylation sites is 1. The Morgan fingerprint density at radius 3 is 2.13 bits per heavy atom. The second-order valence-electron chi connectivity index (χ2n) is 11.5. The fourth-order valence-electron chi connectivity index (χ4n) is 5.82. The molecule has 4 aromatic carbocycles. The van der Waals surface area contributed by atoms with E-state index in [4.69, 9.17) is 11.6 Å². The molecule has 2 amide bonds. The first-order valence-electron chi connectivity index (χ1n) is 15.2. The van der Waals surface area contributed by atoms with Crippen molar-refractivity contribution < 1.29 is 18.0 Å². The van der Waals surface area contributed by atoms with Crippen LogP contribution in [0.2, 0.25) is 5.02 Å². The predicted molar refractivity (Wildman–Crippen MR) is 178 cm³/mol. The Kier molecular flexibility index (Phi) is 10.6. The minimum atomic E-state index is -4.21. The fraction of sp³-hybridized carbons (Fsp3) is 0.278. The summed E-state index contributed by atoms with van der Waals surface area (Å²) >= 11 is 6.54. The molecular formula is C36H38ClN3O4S. The summed E-state index contributed by atoms with van der Waals surface area (Å²) in [7, 11) is -4.21. The first-order chi connectivity index (χ1) is 21.7. The van der Waals surface area contributed by atoms with Crippen molar-refractivity contribution in [1.82, 2.24) is 10.2 Å². The van der Waals surface area contributed by atoms with E-state index in [9.17, 15) is 18.0 Å². The van der Waals surface area contributed by atoms with E-state index >= 15 is 0 Å². The molecule has 7 nitrogen and oxygen atoms in total. The van der Waals surface area contributed by atoms with Crippen molar-refractivity contribution >= 4 is 39.1 Å². The second kappa shape index (κ2) is 14.8. The van der Waals surface area contributed by atoms with Gasteiger partial charge in [-0.3, -0.25) is 13.9 Å². The van der Waals surface area contributed by atoms with Crippen LogP contribution in [0.5, 0.6) is 0 Å². The number of hydrogen-bond donors (Lipinski definition) is 1. The molecule has 5 rings (SSSR count). The van der Waals surface area contributed by atoms with Gasteiger partial charge in [-0.05, 0) is 55.2 Å². The van der Waals surface area contributed by atoms with Gasteiger partial charge < -0.3 is 10.2 Å². The van der Waals surface area contributed by atoms with Crippen LogP contribution in [0.4, 0.5) is 5.69 Å². The predicted octanol–water partition coefficient (Wildman–Crippen LogP) is 6.54. The van der Waals surface area contributed by atoms with Gasteiger partial charge in [-0.25, -0.2) is 8.42 Å². The number of carbonyl (C=O) groups excluding carboxylic acids is 2. The summed E-state index contributed by atoms with van der Waals surface area (Å²) in [6.45, 7) is 1.54. The van der Waals surface area contributed by atoms with Crippen molar-refractivity contribution in [2.75, 3.05) is 10.8 Å². The molecule has 9 heteroatoms. The summed E-state index contributed by atoms with van der Waals surface area (Å²) in [4.78, 5) is 30.2. The monoisotopic (exact) mass is 643 g/mol. The summed E-state index contributed by atoms with van der Waals surface area (Å²) in [6.07, 6.45) is 4.15. The number of amides is 2. The van der Waals surface area contributed by atoms with Gasteiger partial charge in [-0.1, -0.05) is 115 Å². The molecule has 1 N–H and O–H groups in total. The third-order valence-electron chi connectivity index (χ3n) is 8.14. The number of carbonyl (C=O) groups is 2. The quantitative estimate of drug-likeness (QED) is 0.190. The molecule has 0 heterocycles. The lowest BCUT2D eigenvalue weighted by Gasteiger charge is -2.34. The Balaban J connectivity index is 1.57. The van der Waals surface area contributed by atoms with Gasteiger partial charge in [0.05, 0.1) is 15.6 Å². The number of halogens is 1. The molecule has 0 bridgehead atoms. The van der Waals surface area contributed by atoms with Crippen LogP contribution in [-0.4, -0.2) is 43.8 Å². The van der Waals surface area contributed by atoms with Crippen LogP contribution >= 0.6 is 11.6 Å². The summed E-state index contributed by atoms with van der Waals surface area (Å²) < 4.78 is 29.2. The van der Waals surface area contributed by atoms with E-state index in [1.54, 1.807) is 42.5 Å². The molecule has 1 aliphatic carbocycles. The van der Waals surface area contributed by atoms with E-state index in [0.29, 0.717) is 0 Å². The van der Waals surface area contributed by atoms with Crippen LogP contribution in [0, 0.1) is 6.92 Å². The molecule has 4 aromatic rings. The van der Waals surface area contributed by atoms with Crippen molar-refractivity contribution in [2.45, 2.75) is 62.6 Å². The number of benzene rings is 4. The van der Waals surface area contributed by atoms with Gasteiger partial charge in [0.2, 0.25) is 11.8 Å². The van der Waals surface area contributed by atoms with Gasteiger partial charge in [0.15, 0.2) is 0 Å². The Morgan fingerprint density at radius 2 is 1.47 bits per heavy atom. The standard InChI is InChI=1S/C36H38ClN3O4S/c1-27-13-12-16-29(23-27)25-39(34(24-28-14-4-2-5-15-28)36(42)38-30-17-8-9-18-30)35(41)26-40(33-22-11-10-21-32(33)37)45(43,44)31-19-6-3-7-20-31/h2-7,10-16,19-23,30,34H,8-9,17-18,24-26H2,1H3,(H,38,42)/t34-/m0/s1. The maximum Gasteiger partial charge on any atom is 0.264 e. The Morgan fingerprint density at radius 1 is 0.844 bits per heavy atom. The third kappa shape index (κ3) is 8.12. The average Bonchev–Trinajstić information content (AvgIpc) is 3.56. The maximum absolute atomic E-state index is 14.6. The molecule has 0 aromatic heterocycles. The molecule has 1 aliphatic rings. The lowest BCUT2D eigenvalue weighted by atomic mass is 10.0. The first kappa shape index (κ1) is 32.3. The SMILES string of the molecule is Cc1cccc(CN(C(=O)CN(c2ccccc2Cl)S(=O)(=O)c2ccccc2)[C@@H](Cc2ccccc2)C(=O)NC2CCCC2)c1. The lowest BCUT2D eigenvalue weighted by molar-refractivity contribution is -0.140. The highest BCUT2D eigenvalue weighted by molar-refractivity contribution is 7.92. The zero-order chi connectivity index (χ0) is 31.8. The van der Waals surface area contributed by atoms with Crippen molar-refractivity contribution in [2.24, 2.45) is 0 Å². The molecule has 1 atom stereocenters. The molecule has 1 saturated carbocycles. The molecule has 0 radical (unpaired) electrons. The zero-order valence-electron chi connectivity index (χ0n) is 25.3. The van der Waals surface area contributed by atoms with Crippen LogP contribution in [0.1, 0.15) is 42.4 Å². The molecule has 0 aliphatic heterocycles. The van der Waals surface area contributed by atoms with E-state index in [1.807, 2.05) is 61.5 Å². The smallest absolute Gasteiger partial charge is 0.264 e. The fourth-order valence-corrected chi connectivity index (χ4v) is 7.56. The number of sulfonamides is 1. The molecule has 0 saturated heterocycles. The summed E-state index contributed by atoms with van der Waals surface area (Å²) in [5, 5.41) is 3.39. The topological polar surface area (TPSA) is 86.8 Å². The van der Waals surface area contributed by atoms with Gasteiger partial charge in [-0.2, -0.15) is 0 Å². The highest BCUT2D eigenvalue weighted by Gasteiger charge is 2.36. The number of nitrogens with one attached hydrogen (secondary N) is 1. The van der Waals surface area contributed by atoms with Crippen molar-refractivity contribution in [3.63, 3.8) is 0 Å². The molecule has 45 heavy (non-hydrogen) atoms. The van der Waals surface area contributed by atoms with Gasteiger partial charge in [0, 0.05) is 19.0 Å². The van der Waals surface area contributed by atoms with Crippen LogP contribution in [0.3, 0.4) is 0 Å². The second-order valence-corrected chi connectivity index (χ2v) is 13.8. The van der Waals surface area contributed by atoms with Crippen molar-refractivity contribution in [3.05, 3.63) is 131 Å². The lowest BCUT2D eigenvalue weighted by Crippen LogP contribution is -2.54. The number of nitrogens with zero attached hydrogens (tertiary/aromatic N) is 2. The zero-order valence-corrected chi connectivity index (χ0v) is 26.9. The Bertz CT molecular complexity index is 1710. The van der Waals surface area contributed by atoms with Crippen molar-refractivity contribution in [3.8, 4) is 0 Å². The van der Waals surface area contributed by atoms with E-state index in [2.05, 4.69) is 5.32 Å². The normalized spacial score (nSPS) is 14.1. The van der Waals surface area contributed by atoms with E-state index in [0.717, 1.165) is 46.7 Å². The van der Waals surface area contributed by atoms with Gasteiger partial charge in [0.1, 0.15) is 12.6 Å². The highest BCUT2D eigenvalue weighted by Crippen LogP contribution is 2.31.